The molecule has 4 rings (SSSR count). The first-order valence-electron chi connectivity index (χ1n) is 22.9. The minimum atomic E-state index is -1.06. The van der Waals surface area contributed by atoms with Gasteiger partial charge in [-0.05, 0) is 75.6 Å². The second-order valence-corrected chi connectivity index (χ2v) is 18.0. The van der Waals surface area contributed by atoms with E-state index in [2.05, 4.69) is 75.2 Å². The Morgan fingerprint density at radius 1 is 0.508 bits per heavy atom. The molecule has 65 heavy (non-hydrogen) atoms. The standard InChI is InChI=1S/C52H68N6O6S/c1-7-21-36(3)54-51(64)55-38(5)31-32-47(60)53-37(4)30-33-48(61)56-44(8-2)49(62)57-45(34-40-22-13-9-14-23-40)50(63)58-46(39(6)59)35-65-52(41-24-15-10-16-25-41,42-26-17-11-18-27-42)43-28-19-12-20-29-43/h9-20,22-29,36-38,44-46H,7-8,21,30-35H2,1-6H3,(H,53,60)(H,56,61)(H,57,62)(H,58,63)(H2,54,55,64)/t36-,37-,38-,44+,45+,46+/m1/s1. The SMILES string of the molecule is CCC[C@@H](C)NC(=O)N[C@H](C)CCC(=O)N[C@H](C)CCC(=O)N[C@@H](CC)C(=O)N[C@@H](Cc1ccccc1)C(=O)N[C@@H](CSC(c1ccccc1)(c1ccccc1)c1ccccc1)C(C)=O. The van der Waals surface area contributed by atoms with Crippen LogP contribution in [0.1, 0.15) is 109 Å². The molecular formula is C52H68N6O6S. The third-order valence-electron chi connectivity index (χ3n) is 11.3. The highest BCUT2D eigenvalue weighted by atomic mass is 32.2. The number of carbonyl (C=O) groups is 6. The quantitative estimate of drug-likeness (QED) is 0.0358. The molecule has 4 aromatic carbocycles. The average molecular weight is 905 g/mol. The lowest BCUT2D eigenvalue weighted by molar-refractivity contribution is -0.133. The molecule has 0 saturated carbocycles. The summed E-state index contributed by atoms with van der Waals surface area (Å²) in [5, 5.41) is 17.3. The number of hydrogen-bond donors (Lipinski definition) is 6. The van der Waals surface area contributed by atoms with Gasteiger partial charge in [-0.3, -0.25) is 24.0 Å². The Labute approximate surface area is 389 Å². The summed E-state index contributed by atoms with van der Waals surface area (Å²) in [5.74, 6) is -1.61. The zero-order chi connectivity index (χ0) is 47.2. The average Bonchev–Trinajstić information content (AvgIpc) is 3.30. The Morgan fingerprint density at radius 3 is 1.38 bits per heavy atom. The molecule has 0 aliphatic rings. The Balaban J connectivity index is 1.39. The third kappa shape index (κ3) is 16.5. The molecule has 6 N–H and O–H groups in total. The summed E-state index contributed by atoms with van der Waals surface area (Å²) in [5.41, 5.74) is 3.86. The van der Waals surface area contributed by atoms with Crippen LogP contribution in [-0.4, -0.2) is 77.4 Å². The zero-order valence-electron chi connectivity index (χ0n) is 38.7. The van der Waals surface area contributed by atoms with Crippen LogP contribution in [0.15, 0.2) is 121 Å². The van der Waals surface area contributed by atoms with E-state index in [1.807, 2.05) is 106 Å². The van der Waals surface area contributed by atoms with Gasteiger partial charge in [-0.15, -0.1) is 11.8 Å². The van der Waals surface area contributed by atoms with E-state index in [1.54, 1.807) is 18.7 Å². The topological polar surface area (TPSA) is 175 Å². The number of Topliss-reactive ketones (excluding diaryl/α,β-unsaturated/α-hetero) is 1. The fraction of sp³-hybridized carbons (Fsp3) is 0.423. The van der Waals surface area contributed by atoms with E-state index in [9.17, 15) is 28.8 Å². The molecule has 13 heteroatoms. The van der Waals surface area contributed by atoms with Crippen molar-refractivity contribution in [2.45, 2.75) is 134 Å². The van der Waals surface area contributed by atoms with Crippen LogP contribution in [0.3, 0.4) is 0 Å². The van der Waals surface area contributed by atoms with Crippen molar-refractivity contribution in [2.24, 2.45) is 0 Å². The molecule has 0 saturated heterocycles. The number of rotatable bonds is 26. The third-order valence-corrected chi connectivity index (χ3v) is 12.9. The molecule has 348 valence electrons. The number of nitrogens with one attached hydrogen (secondary N) is 6. The number of thioether (sulfide) groups is 1. The first-order chi connectivity index (χ1) is 31.2. The maximum Gasteiger partial charge on any atom is 0.315 e. The fourth-order valence-corrected chi connectivity index (χ4v) is 9.28. The Kier molecular flexibility index (Phi) is 21.3. The molecule has 0 bridgehead atoms. The largest absolute Gasteiger partial charge is 0.354 e. The summed E-state index contributed by atoms with van der Waals surface area (Å²) in [6.07, 6.45) is 3.32. The summed E-state index contributed by atoms with van der Waals surface area (Å²) in [4.78, 5) is 79.6. The smallest absolute Gasteiger partial charge is 0.315 e. The molecule has 0 unspecified atom stereocenters. The minimum Gasteiger partial charge on any atom is -0.354 e. The van der Waals surface area contributed by atoms with Gasteiger partial charge in [0.25, 0.3) is 0 Å². The molecule has 4 aromatic rings. The highest BCUT2D eigenvalue weighted by Crippen LogP contribution is 2.48. The number of urea groups is 1. The highest BCUT2D eigenvalue weighted by molar-refractivity contribution is 8.00. The zero-order valence-corrected chi connectivity index (χ0v) is 39.5. The van der Waals surface area contributed by atoms with Gasteiger partial charge in [-0.2, -0.15) is 0 Å². The van der Waals surface area contributed by atoms with Gasteiger partial charge in [0.2, 0.25) is 23.6 Å². The van der Waals surface area contributed by atoms with E-state index in [1.165, 1.54) is 6.92 Å². The van der Waals surface area contributed by atoms with Crippen LogP contribution in [0.25, 0.3) is 0 Å². The molecule has 0 heterocycles. The molecule has 0 aliphatic heterocycles. The van der Waals surface area contributed by atoms with Crippen molar-refractivity contribution in [2.75, 3.05) is 5.75 Å². The summed E-state index contributed by atoms with van der Waals surface area (Å²) >= 11 is 1.56. The van der Waals surface area contributed by atoms with Crippen LogP contribution >= 0.6 is 11.8 Å². The molecule has 0 radical (unpaired) electrons. The summed E-state index contributed by atoms with van der Waals surface area (Å²) < 4.78 is -0.723. The van der Waals surface area contributed by atoms with Crippen molar-refractivity contribution >= 4 is 47.2 Å². The number of carbonyl (C=O) groups excluding carboxylic acids is 6. The van der Waals surface area contributed by atoms with Crippen LogP contribution < -0.4 is 31.9 Å². The van der Waals surface area contributed by atoms with E-state index in [0.717, 1.165) is 35.1 Å². The maximum atomic E-state index is 14.3. The van der Waals surface area contributed by atoms with Gasteiger partial charge in [-0.1, -0.05) is 142 Å². The van der Waals surface area contributed by atoms with Crippen LogP contribution in [-0.2, 0) is 35.1 Å². The fourth-order valence-electron chi connectivity index (χ4n) is 7.64. The van der Waals surface area contributed by atoms with Crippen molar-refractivity contribution in [3.05, 3.63) is 144 Å². The van der Waals surface area contributed by atoms with Gasteiger partial charge in [0.05, 0.1) is 10.8 Å². The van der Waals surface area contributed by atoms with E-state index < -0.39 is 34.7 Å². The first-order valence-corrected chi connectivity index (χ1v) is 23.9. The molecule has 6 atom stereocenters. The predicted molar refractivity (Wildman–Crippen MR) is 260 cm³/mol. The lowest BCUT2D eigenvalue weighted by Gasteiger charge is -2.36. The van der Waals surface area contributed by atoms with Crippen LogP contribution in [0.2, 0.25) is 0 Å². The minimum absolute atomic E-state index is 0.0572. The number of ketones is 1. The van der Waals surface area contributed by atoms with Crippen LogP contribution in [0, 0.1) is 0 Å². The number of amides is 6. The van der Waals surface area contributed by atoms with Crippen molar-refractivity contribution in [1.29, 1.82) is 0 Å². The highest BCUT2D eigenvalue weighted by Gasteiger charge is 2.39. The lowest BCUT2D eigenvalue weighted by Crippen LogP contribution is -2.56. The van der Waals surface area contributed by atoms with Crippen molar-refractivity contribution < 1.29 is 28.8 Å². The van der Waals surface area contributed by atoms with Gasteiger partial charge in [-0.25, -0.2) is 4.79 Å². The van der Waals surface area contributed by atoms with Crippen molar-refractivity contribution in [1.82, 2.24) is 31.9 Å². The van der Waals surface area contributed by atoms with Gasteiger partial charge in [0, 0.05) is 43.1 Å². The van der Waals surface area contributed by atoms with Crippen LogP contribution in [0.4, 0.5) is 4.79 Å². The van der Waals surface area contributed by atoms with Crippen molar-refractivity contribution in [3.8, 4) is 0 Å². The van der Waals surface area contributed by atoms with E-state index in [0.29, 0.717) is 12.8 Å². The van der Waals surface area contributed by atoms with E-state index in [4.69, 9.17) is 0 Å². The Morgan fingerprint density at radius 2 is 0.923 bits per heavy atom. The van der Waals surface area contributed by atoms with E-state index in [-0.39, 0.29) is 73.2 Å². The summed E-state index contributed by atoms with van der Waals surface area (Å²) in [6, 6.07) is 36.0. The second-order valence-electron chi connectivity index (χ2n) is 16.8. The van der Waals surface area contributed by atoms with Crippen molar-refractivity contribution in [3.63, 3.8) is 0 Å². The number of benzene rings is 4. The number of hydrogen-bond acceptors (Lipinski definition) is 7. The second kappa shape index (κ2) is 26.7. The van der Waals surface area contributed by atoms with Gasteiger partial charge < -0.3 is 31.9 Å². The van der Waals surface area contributed by atoms with Gasteiger partial charge in [0.15, 0.2) is 5.78 Å². The first kappa shape index (κ1) is 51.7. The van der Waals surface area contributed by atoms with E-state index >= 15 is 0 Å². The normalized spacial score (nSPS) is 14.0. The monoisotopic (exact) mass is 904 g/mol. The Bertz CT molecular complexity index is 2010. The van der Waals surface area contributed by atoms with Gasteiger partial charge >= 0.3 is 6.03 Å². The maximum absolute atomic E-state index is 14.3. The Hall–Kier alpha value is -5.95. The molecule has 6 amide bonds. The molecule has 0 fully saturated rings. The molecule has 0 aliphatic carbocycles. The molecule has 0 spiro atoms. The molecule has 12 nitrogen and oxygen atoms in total. The molecule has 0 aromatic heterocycles. The molecular weight excluding hydrogens is 837 g/mol. The summed E-state index contributed by atoms with van der Waals surface area (Å²) in [7, 11) is 0. The lowest BCUT2D eigenvalue weighted by atomic mass is 9.84. The van der Waals surface area contributed by atoms with Crippen LogP contribution in [0.5, 0.6) is 0 Å². The summed E-state index contributed by atoms with van der Waals surface area (Å²) in [6.45, 7) is 10.9. The van der Waals surface area contributed by atoms with Gasteiger partial charge in [0.1, 0.15) is 12.1 Å². The predicted octanol–water partition coefficient (Wildman–Crippen LogP) is 7.35.